The molecule has 1 aromatic carbocycles. The topological polar surface area (TPSA) is 53.0 Å². The molecule has 0 fully saturated rings. The maximum absolute atomic E-state index is 10.8. The molecule has 0 aliphatic carbocycles. The van der Waals surface area contributed by atoms with Crippen LogP contribution in [-0.2, 0) is 0 Å². The Labute approximate surface area is 87.5 Å². The smallest absolute Gasteiger partial charge is 0.261 e. The highest BCUT2D eigenvalue weighted by Crippen LogP contribution is 2.15. The average molecular weight is 212 g/mol. The summed E-state index contributed by atoms with van der Waals surface area (Å²) in [6.07, 6.45) is 1.25. The Hall–Kier alpha value is -1.23. The number of hydrogen-bond acceptors (Lipinski definition) is 4. The predicted molar refractivity (Wildman–Crippen MR) is 56.2 cm³/mol. The van der Waals surface area contributed by atoms with Gasteiger partial charge in [-0.05, 0) is 17.0 Å². The lowest BCUT2D eigenvalue weighted by Crippen LogP contribution is -2.22. The summed E-state index contributed by atoms with van der Waals surface area (Å²) in [6, 6.07) is 5.09. The van der Waals surface area contributed by atoms with E-state index in [1.165, 1.54) is 6.42 Å². The van der Waals surface area contributed by atoms with Crippen molar-refractivity contribution >= 4 is 23.7 Å². The van der Waals surface area contributed by atoms with Crippen molar-refractivity contribution in [3.8, 4) is 0 Å². The molecule has 2 rings (SSSR count). The Kier molecular flexibility index (Phi) is 3.76. The van der Waals surface area contributed by atoms with Gasteiger partial charge >= 0.3 is 0 Å². The molecule has 0 N–H and O–H groups in total. The van der Waals surface area contributed by atoms with Crippen LogP contribution in [0.2, 0.25) is 0 Å². The summed E-state index contributed by atoms with van der Waals surface area (Å²) in [6.45, 7) is 4.25. The Morgan fingerprint density at radius 2 is 2.14 bits per heavy atom. The van der Waals surface area contributed by atoms with Crippen molar-refractivity contribution in [3.63, 3.8) is 0 Å². The summed E-state index contributed by atoms with van der Waals surface area (Å²) < 4.78 is 4.36. The molecular weight excluding hydrogens is 200 g/mol. The van der Waals surface area contributed by atoms with Crippen LogP contribution in [0.1, 0.15) is 20.3 Å². The van der Waals surface area contributed by atoms with E-state index < -0.39 is 0 Å². The molecule has 0 saturated carbocycles. The third-order valence-electron chi connectivity index (χ3n) is 1.40. The van der Waals surface area contributed by atoms with E-state index in [1.54, 1.807) is 18.2 Å². The minimum atomic E-state index is 0.356. The standard InChI is InChI=1S/C6H4N2O2S.C3H8/c9-8-4-2-1-3-5(11)6(4)7-10-8;1-3-2/h1-3,11H;3H2,1-2H3. The minimum Gasteiger partial charge on any atom is -0.359 e. The van der Waals surface area contributed by atoms with Gasteiger partial charge in [-0.25, -0.2) is 0 Å². The van der Waals surface area contributed by atoms with Crippen LogP contribution >= 0.6 is 12.6 Å². The Morgan fingerprint density at radius 1 is 1.50 bits per heavy atom. The summed E-state index contributed by atoms with van der Waals surface area (Å²) in [5.74, 6) is 0. The van der Waals surface area contributed by atoms with Crippen LogP contribution in [0.15, 0.2) is 27.7 Å². The van der Waals surface area contributed by atoms with Gasteiger partial charge in [0.1, 0.15) is 0 Å². The quantitative estimate of drug-likeness (QED) is 0.538. The van der Waals surface area contributed by atoms with E-state index in [4.69, 9.17) is 0 Å². The molecule has 0 aliphatic heterocycles. The van der Waals surface area contributed by atoms with Crippen LogP contribution in [0, 0.1) is 5.21 Å². The van der Waals surface area contributed by atoms with Crippen molar-refractivity contribution < 1.29 is 9.53 Å². The Morgan fingerprint density at radius 3 is 2.71 bits per heavy atom. The van der Waals surface area contributed by atoms with E-state index in [9.17, 15) is 5.21 Å². The van der Waals surface area contributed by atoms with Crippen molar-refractivity contribution in [1.82, 2.24) is 5.16 Å². The number of fused-ring (bicyclic) bond motifs is 1. The zero-order valence-electron chi connectivity index (χ0n) is 8.10. The van der Waals surface area contributed by atoms with Gasteiger partial charge < -0.3 is 5.21 Å². The molecule has 4 nitrogen and oxygen atoms in total. The summed E-state index contributed by atoms with van der Waals surface area (Å²) in [5.41, 5.74) is 0.892. The Bertz CT molecular complexity index is 414. The first-order chi connectivity index (χ1) is 6.70. The molecule has 76 valence electrons. The first-order valence-electron chi connectivity index (χ1n) is 4.38. The van der Waals surface area contributed by atoms with Gasteiger partial charge in [0.05, 0.1) is 4.90 Å². The SMILES string of the molecule is CCC.[O-][n+]1onc2c(S)cccc21. The minimum absolute atomic E-state index is 0.356. The number of rotatable bonds is 0. The average Bonchev–Trinajstić information content (AvgIpc) is 2.51. The van der Waals surface area contributed by atoms with E-state index in [1.807, 2.05) is 0 Å². The van der Waals surface area contributed by atoms with E-state index in [0.717, 1.165) is 0 Å². The summed E-state index contributed by atoms with van der Waals surface area (Å²) in [4.78, 5) is 0.996. The van der Waals surface area contributed by atoms with Gasteiger partial charge in [0.2, 0.25) is 5.52 Å². The van der Waals surface area contributed by atoms with Crippen molar-refractivity contribution in [2.24, 2.45) is 0 Å². The largest absolute Gasteiger partial charge is 0.359 e. The lowest BCUT2D eigenvalue weighted by Gasteiger charge is -1.86. The van der Waals surface area contributed by atoms with Crippen LogP contribution in [0.25, 0.3) is 11.0 Å². The molecule has 1 aromatic heterocycles. The van der Waals surface area contributed by atoms with Crippen LogP contribution in [0.3, 0.4) is 0 Å². The van der Waals surface area contributed by atoms with Crippen LogP contribution < -0.4 is 4.90 Å². The van der Waals surface area contributed by atoms with Gasteiger partial charge in [0.25, 0.3) is 5.52 Å². The number of thiol groups is 1. The van der Waals surface area contributed by atoms with Gasteiger partial charge in [-0.1, -0.05) is 26.3 Å². The second-order valence-corrected chi connectivity index (χ2v) is 3.26. The first-order valence-corrected chi connectivity index (χ1v) is 4.82. The van der Waals surface area contributed by atoms with Crippen molar-refractivity contribution in [3.05, 3.63) is 23.4 Å². The second-order valence-electron chi connectivity index (χ2n) is 2.78. The van der Waals surface area contributed by atoms with Crippen LogP contribution in [-0.4, -0.2) is 5.16 Å². The first kappa shape index (κ1) is 10.8. The normalized spacial score (nSPS) is 9.64. The molecule has 0 bridgehead atoms. The molecule has 0 atom stereocenters. The van der Waals surface area contributed by atoms with Gasteiger partial charge in [0.15, 0.2) is 0 Å². The maximum Gasteiger partial charge on any atom is 0.261 e. The van der Waals surface area contributed by atoms with E-state index in [2.05, 4.69) is 36.3 Å². The monoisotopic (exact) mass is 212 g/mol. The number of nitrogens with zero attached hydrogens (tertiary/aromatic N) is 2. The highest BCUT2D eigenvalue weighted by Gasteiger charge is 2.10. The predicted octanol–water partition coefficient (Wildman–Crippen LogP) is 2.17. The highest BCUT2D eigenvalue weighted by molar-refractivity contribution is 7.80. The molecule has 14 heavy (non-hydrogen) atoms. The molecule has 0 aliphatic rings. The number of benzene rings is 1. The number of aromatic nitrogens is 2. The molecular formula is C9H12N2O2S. The zero-order chi connectivity index (χ0) is 10.6. The fourth-order valence-corrected chi connectivity index (χ4v) is 1.12. The van der Waals surface area contributed by atoms with Crippen molar-refractivity contribution in [1.29, 1.82) is 0 Å². The van der Waals surface area contributed by atoms with E-state index in [-0.39, 0.29) is 0 Å². The third-order valence-corrected chi connectivity index (χ3v) is 1.76. The molecule has 1 heterocycles. The van der Waals surface area contributed by atoms with Gasteiger partial charge in [-0.2, -0.15) is 0 Å². The van der Waals surface area contributed by atoms with Gasteiger partial charge in [-0.15, -0.1) is 12.6 Å². The van der Waals surface area contributed by atoms with E-state index in [0.29, 0.717) is 20.8 Å². The summed E-state index contributed by atoms with van der Waals surface area (Å²) in [7, 11) is 0. The molecule has 0 spiro atoms. The van der Waals surface area contributed by atoms with Crippen LogP contribution in [0.5, 0.6) is 0 Å². The number of hydrogen-bond donors (Lipinski definition) is 1. The fourth-order valence-electron chi connectivity index (χ4n) is 0.882. The van der Waals surface area contributed by atoms with Crippen LogP contribution in [0.4, 0.5) is 0 Å². The molecule has 5 heteroatoms. The van der Waals surface area contributed by atoms with Gasteiger partial charge in [-0.3, -0.25) is 4.63 Å². The van der Waals surface area contributed by atoms with Crippen molar-refractivity contribution in [2.45, 2.75) is 25.2 Å². The third kappa shape index (κ3) is 2.17. The summed E-state index contributed by atoms with van der Waals surface area (Å²) in [5, 5.41) is 14.3. The van der Waals surface area contributed by atoms with Gasteiger partial charge in [0, 0.05) is 5.16 Å². The molecule has 0 saturated heterocycles. The lowest BCUT2D eigenvalue weighted by atomic mass is 10.3. The zero-order valence-corrected chi connectivity index (χ0v) is 8.99. The second kappa shape index (κ2) is 4.85. The summed E-state index contributed by atoms with van der Waals surface area (Å²) >= 11 is 4.09. The fraction of sp³-hybridized carbons (Fsp3) is 0.333. The Balaban J connectivity index is 0.000000293. The van der Waals surface area contributed by atoms with E-state index >= 15 is 0 Å². The highest BCUT2D eigenvalue weighted by atomic mass is 32.1. The maximum atomic E-state index is 10.8. The molecule has 0 radical (unpaired) electrons. The molecule has 0 amide bonds. The molecule has 2 aromatic rings. The lowest BCUT2D eigenvalue weighted by molar-refractivity contribution is -0.782. The molecule has 0 unspecified atom stereocenters. The van der Waals surface area contributed by atoms with Crippen molar-refractivity contribution in [2.75, 3.05) is 0 Å².